The van der Waals surface area contributed by atoms with Gasteiger partial charge in [0.1, 0.15) is 42.2 Å². The maximum Gasteiger partial charge on any atom is 0.280 e. The van der Waals surface area contributed by atoms with E-state index in [-0.39, 0.29) is 18.9 Å². The number of fused-ring (bicyclic) bond motifs is 1. The zero-order chi connectivity index (χ0) is 41.1. The van der Waals surface area contributed by atoms with Gasteiger partial charge in [0.05, 0.1) is 27.2 Å². The summed E-state index contributed by atoms with van der Waals surface area (Å²) in [5, 5.41) is 12.3. The molecule has 4 atom stereocenters. The van der Waals surface area contributed by atoms with Crippen LogP contribution in [0.2, 0.25) is 16.6 Å². The summed E-state index contributed by atoms with van der Waals surface area (Å²) in [6.45, 7) is 13.2. The van der Waals surface area contributed by atoms with Gasteiger partial charge in [-0.3, -0.25) is 14.3 Å². The molecule has 3 heterocycles. The number of aliphatic hydroxyl groups excluding tert-OH is 1. The van der Waals surface area contributed by atoms with E-state index in [1.807, 2.05) is 78.9 Å². The Morgan fingerprint density at radius 3 is 1.91 bits per heavy atom. The van der Waals surface area contributed by atoms with Crippen molar-refractivity contribution in [2.24, 2.45) is 0 Å². The molecular formula is C43H57N5O8Si. The van der Waals surface area contributed by atoms with Gasteiger partial charge in [-0.05, 0) is 57.6 Å². The highest BCUT2D eigenvalue weighted by molar-refractivity contribution is 6.77. The molecular weight excluding hydrogens is 743 g/mol. The number of benzene rings is 3. The van der Waals surface area contributed by atoms with Gasteiger partial charge in [0, 0.05) is 14.1 Å². The molecule has 0 unspecified atom stereocenters. The third-order valence-electron chi connectivity index (χ3n) is 11.3. The first-order chi connectivity index (χ1) is 27.3. The lowest BCUT2D eigenvalue weighted by molar-refractivity contribution is -0.114. The van der Waals surface area contributed by atoms with E-state index < -0.39 is 44.0 Å². The van der Waals surface area contributed by atoms with Crippen molar-refractivity contribution in [2.45, 2.75) is 88.3 Å². The van der Waals surface area contributed by atoms with Gasteiger partial charge in [0.25, 0.3) is 5.56 Å². The molecule has 0 radical (unpaired) electrons. The van der Waals surface area contributed by atoms with Crippen molar-refractivity contribution in [3.05, 3.63) is 112 Å². The Morgan fingerprint density at radius 2 is 1.40 bits per heavy atom. The van der Waals surface area contributed by atoms with E-state index >= 15 is 0 Å². The standard InChI is InChI=1S/C43H57N5O8Si/c1-27(2)57(28(3)4,29(5)6)55-26-53-38-37(49)35(56-41(38)48-25-44-36-39(48)45-42(47(7)8)46-40(36)50)24-54-43(30-14-12-11-13-15-30,31-16-20-33(51-9)21-17-31)32-18-22-34(52-10)23-19-32/h11-23,25,27-29,35,37-38,41,49H,24,26H2,1-10H3,(H,45,46,50)/t35-,37-,38-,41-/m1/s1. The number of H-pyrrole nitrogens is 1. The van der Waals surface area contributed by atoms with Gasteiger partial charge in [-0.25, -0.2) is 4.98 Å². The highest BCUT2D eigenvalue weighted by Gasteiger charge is 2.50. The number of imidazole rings is 1. The normalized spacial score (nSPS) is 18.9. The summed E-state index contributed by atoms with van der Waals surface area (Å²) >= 11 is 0. The molecule has 0 bridgehead atoms. The zero-order valence-electron chi connectivity index (χ0n) is 34.6. The maximum atomic E-state index is 13.1. The number of nitrogens with one attached hydrogen (secondary N) is 1. The summed E-state index contributed by atoms with van der Waals surface area (Å²) in [5.74, 6) is 1.75. The first-order valence-electron chi connectivity index (χ1n) is 19.5. The van der Waals surface area contributed by atoms with Gasteiger partial charge in [0.2, 0.25) is 14.3 Å². The Bertz CT molecular complexity index is 2050. The fraction of sp³-hybridized carbons (Fsp3) is 0.465. The predicted octanol–water partition coefficient (Wildman–Crippen LogP) is 7.00. The summed E-state index contributed by atoms with van der Waals surface area (Å²) in [5.41, 5.74) is 2.38. The number of anilines is 1. The molecule has 13 nitrogen and oxygen atoms in total. The summed E-state index contributed by atoms with van der Waals surface area (Å²) in [4.78, 5) is 26.8. The van der Waals surface area contributed by atoms with E-state index in [1.54, 1.807) is 37.8 Å². The highest BCUT2D eigenvalue weighted by atomic mass is 28.4. The summed E-state index contributed by atoms with van der Waals surface area (Å²) in [6.07, 6.45) is -2.45. The summed E-state index contributed by atoms with van der Waals surface area (Å²) < 4.78 is 40.0. The molecule has 57 heavy (non-hydrogen) atoms. The molecule has 14 heteroatoms. The fourth-order valence-corrected chi connectivity index (χ4v) is 13.8. The van der Waals surface area contributed by atoms with Gasteiger partial charge >= 0.3 is 0 Å². The van der Waals surface area contributed by atoms with Crippen molar-refractivity contribution in [3.63, 3.8) is 0 Å². The molecule has 1 fully saturated rings. The van der Waals surface area contributed by atoms with Crippen molar-refractivity contribution < 1.29 is 33.2 Å². The third-order valence-corrected chi connectivity index (χ3v) is 17.4. The van der Waals surface area contributed by atoms with Crippen molar-refractivity contribution in [2.75, 3.05) is 46.6 Å². The van der Waals surface area contributed by atoms with Crippen LogP contribution in [0.25, 0.3) is 11.2 Å². The molecule has 0 amide bonds. The van der Waals surface area contributed by atoms with Crippen LogP contribution in [-0.4, -0.2) is 93.0 Å². The number of nitrogens with zero attached hydrogens (tertiary/aromatic N) is 4. The van der Waals surface area contributed by atoms with Crippen LogP contribution < -0.4 is 19.9 Å². The topological polar surface area (TPSA) is 142 Å². The van der Waals surface area contributed by atoms with E-state index in [4.69, 9.17) is 33.1 Å². The Morgan fingerprint density at radius 1 is 0.860 bits per heavy atom. The second-order valence-electron chi connectivity index (χ2n) is 15.7. The van der Waals surface area contributed by atoms with Crippen LogP contribution in [0.3, 0.4) is 0 Å². The molecule has 0 aliphatic carbocycles. The molecule has 0 spiro atoms. The maximum absolute atomic E-state index is 13.1. The number of rotatable bonds is 17. The monoisotopic (exact) mass is 799 g/mol. The van der Waals surface area contributed by atoms with Gasteiger partial charge in [-0.2, -0.15) is 4.98 Å². The van der Waals surface area contributed by atoms with Gasteiger partial charge in [0.15, 0.2) is 17.4 Å². The lowest BCUT2D eigenvalue weighted by Gasteiger charge is -2.42. The minimum atomic E-state index is -2.34. The van der Waals surface area contributed by atoms with Crippen LogP contribution in [-0.2, 0) is 24.2 Å². The van der Waals surface area contributed by atoms with Crippen LogP contribution in [0.5, 0.6) is 11.5 Å². The van der Waals surface area contributed by atoms with Crippen LogP contribution >= 0.6 is 0 Å². The number of hydrogen-bond donors (Lipinski definition) is 2. The average Bonchev–Trinajstić information content (AvgIpc) is 3.77. The summed E-state index contributed by atoms with van der Waals surface area (Å²) in [6, 6.07) is 25.4. The minimum Gasteiger partial charge on any atom is -0.497 e. The largest absolute Gasteiger partial charge is 0.497 e. The van der Waals surface area contributed by atoms with Gasteiger partial charge < -0.3 is 38.1 Å². The average molecular weight is 800 g/mol. The lowest BCUT2D eigenvalue weighted by Crippen LogP contribution is -2.49. The van der Waals surface area contributed by atoms with Gasteiger partial charge in [-0.15, -0.1) is 0 Å². The Hall–Kier alpha value is -4.57. The van der Waals surface area contributed by atoms with Crippen molar-refractivity contribution in [3.8, 4) is 11.5 Å². The van der Waals surface area contributed by atoms with E-state index in [1.165, 1.54) is 6.33 Å². The number of aliphatic hydroxyl groups is 1. The second kappa shape index (κ2) is 17.5. The lowest BCUT2D eigenvalue weighted by atomic mass is 9.80. The molecule has 0 saturated carbocycles. The predicted molar refractivity (Wildman–Crippen MR) is 223 cm³/mol. The number of methoxy groups -OCH3 is 2. The molecule has 6 rings (SSSR count). The molecule has 5 aromatic rings. The van der Waals surface area contributed by atoms with E-state index in [9.17, 15) is 9.90 Å². The number of ether oxygens (including phenoxy) is 5. The Kier molecular flexibility index (Phi) is 12.9. The zero-order valence-corrected chi connectivity index (χ0v) is 35.6. The third kappa shape index (κ3) is 7.99. The molecule has 306 valence electrons. The number of aromatic nitrogens is 4. The molecule has 3 aromatic carbocycles. The van der Waals surface area contributed by atoms with Crippen LogP contribution in [0.1, 0.15) is 64.5 Å². The van der Waals surface area contributed by atoms with Crippen molar-refractivity contribution in [1.82, 2.24) is 19.5 Å². The minimum absolute atomic E-state index is 0.0504. The second-order valence-corrected chi connectivity index (χ2v) is 21.1. The number of aromatic amines is 1. The SMILES string of the molecule is COc1ccc(C(OC[C@H]2O[C@@H](n3cnc4c(=O)[nH]c(N(C)C)nc43)[C@H](OCO[Si](C(C)C)(C(C)C)C(C)C)[C@@H]2O)(c2ccccc2)c2ccc(OC)cc2)cc1. The van der Waals surface area contributed by atoms with Gasteiger partial charge in [-0.1, -0.05) is 96.1 Å². The molecule has 1 aliphatic heterocycles. The fourth-order valence-electron chi connectivity index (χ4n) is 8.57. The molecule has 2 N–H and O–H groups in total. The van der Waals surface area contributed by atoms with Crippen molar-refractivity contribution >= 4 is 25.4 Å². The van der Waals surface area contributed by atoms with Crippen LogP contribution in [0.4, 0.5) is 5.95 Å². The first-order valence-corrected chi connectivity index (χ1v) is 21.6. The molecule has 1 aliphatic rings. The van der Waals surface area contributed by atoms with E-state index in [0.29, 0.717) is 39.7 Å². The van der Waals surface area contributed by atoms with Crippen molar-refractivity contribution in [1.29, 1.82) is 0 Å². The van der Waals surface area contributed by atoms with Crippen LogP contribution in [0.15, 0.2) is 90.0 Å². The van der Waals surface area contributed by atoms with E-state index in [2.05, 4.69) is 51.5 Å². The van der Waals surface area contributed by atoms with Crippen LogP contribution in [0, 0.1) is 0 Å². The summed E-state index contributed by atoms with van der Waals surface area (Å²) in [7, 11) is 4.50. The Labute approximate surface area is 336 Å². The molecule has 1 saturated heterocycles. The highest BCUT2D eigenvalue weighted by Crippen LogP contribution is 2.45. The molecule has 2 aromatic heterocycles. The quantitative estimate of drug-likeness (QED) is 0.0570. The smallest absolute Gasteiger partial charge is 0.280 e. The number of hydrogen-bond acceptors (Lipinski definition) is 11. The van der Waals surface area contributed by atoms with E-state index in [0.717, 1.165) is 16.7 Å². The Balaban J connectivity index is 1.42. The first kappa shape index (κ1) is 42.0.